The summed E-state index contributed by atoms with van der Waals surface area (Å²) in [5, 5.41) is 7.46. The molecule has 0 aliphatic carbocycles. The molecular formula is C44H46N4O. The third kappa shape index (κ3) is 6.63. The summed E-state index contributed by atoms with van der Waals surface area (Å²) in [5.74, 6) is 3.69. The van der Waals surface area contributed by atoms with Gasteiger partial charge in [-0.1, -0.05) is 64.1 Å². The van der Waals surface area contributed by atoms with Crippen LogP contribution in [-0.2, 0) is 12.8 Å². The van der Waals surface area contributed by atoms with Crippen molar-refractivity contribution in [2.75, 3.05) is 0 Å². The molecule has 49 heavy (non-hydrogen) atoms. The van der Waals surface area contributed by atoms with Gasteiger partial charge in [0.15, 0.2) is 0 Å². The van der Waals surface area contributed by atoms with E-state index in [2.05, 4.69) is 149 Å². The van der Waals surface area contributed by atoms with Crippen LogP contribution in [0.4, 0.5) is 0 Å². The lowest BCUT2D eigenvalue weighted by molar-refractivity contribution is 0.481. The largest absolute Gasteiger partial charge is 0.457 e. The van der Waals surface area contributed by atoms with Crippen LogP contribution in [0.1, 0.15) is 62.2 Å². The molecule has 0 bridgehead atoms. The van der Waals surface area contributed by atoms with E-state index in [9.17, 15) is 0 Å². The maximum atomic E-state index is 6.77. The molecule has 0 atom stereocenters. The molecule has 0 saturated carbocycles. The Hall–Kier alpha value is -5.16. The van der Waals surface area contributed by atoms with Gasteiger partial charge in [0, 0.05) is 40.4 Å². The van der Waals surface area contributed by atoms with Gasteiger partial charge in [-0.05, 0) is 123 Å². The first kappa shape index (κ1) is 32.4. The van der Waals surface area contributed by atoms with Crippen LogP contribution in [0, 0.1) is 32.6 Å². The van der Waals surface area contributed by atoms with Gasteiger partial charge >= 0.3 is 0 Å². The number of rotatable bonds is 10. The highest BCUT2D eigenvalue weighted by Gasteiger charge is 2.18. The average Bonchev–Trinajstić information content (AvgIpc) is 3.55. The second-order valence-corrected chi connectivity index (χ2v) is 14.3. The molecule has 5 nitrogen and oxygen atoms in total. The zero-order valence-electron chi connectivity index (χ0n) is 29.8. The number of nitrogens with zero attached hydrogens (tertiary/aromatic N) is 4. The molecule has 0 aliphatic heterocycles. The highest BCUT2D eigenvalue weighted by Crippen LogP contribution is 2.37. The van der Waals surface area contributed by atoms with Crippen molar-refractivity contribution in [3.8, 4) is 34.1 Å². The Morgan fingerprint density at radius 3 is 2.27 bits per heavy atom. The van der Waals surface area contributed by atoms with Crippen molar-refractivity contribution < 1.29 is 4.74 Å². The highest BCUT2D eigenvalue weighted by molar-refractivity contribution is 6.09. The molecule has 3 aromatic heterocycles. The molecule has 5 heteroatoms. The fraction of sp³-hybridized carbons (Fsp3) is 0.273. The third-order valence-electron chi connectivity index (χ3n) is 9.37. The molecule has 0 aliphatic rings. The van der Waals surface area contributed by atoms with Crippen LogP contribution in [0.2, 0.25) is 0 Å². The molecule has 0 N–H and O–H groups in total. The fourth-order valence-corrected chi connectivity index (χ4v) is 7.08. The minimum atomic E-state index is 0.588. The Labute approximate surface area is 290 Å². The number of pyridine rings is 1. The van der Waals surface area contributed by atoms with Gasteiger partial charge in [0.05, 0.1) is 22.4 Å². The van der Waals surface area contributed by atoms with E-state index in [-0.39, 0.29) is 0 Å². The van der Waals surface area contributed by atoms with Gasteiger partial charge in [-0.25, -0.2) is 9.67 Å². The minimum absolute atomic E-state index is 0.588. The smallest absolute Gasteiger partial charge is 0.137 e. The minimum Gasteiger partial charge on any atom is -0.457 e. The fourth-order valence-electron chi connectivity index (χ4n) is 7.08. The van der Waals surface area contributed by atoms with Crippen molar-refractivity contribution in [3.05, 3.63) is 131 Å². The zero-order valence-corrected chi connectivity index (χ0v) is 29.8. The Morgan fingerprint density at radius 2 is 1.51 bits per heavy atom. The lowest BCUT2D eigenvalue weighted by atomic mass is 10.0. The molecule has 3 heterocycles. The average molecular weight is 647 g/mol. The number of ether oxygens (including phenoxy) is 1. The van der Waals surface area contributed by atoms with Crippen molar-refractivity contribution in [1.82, 2.24) is 19.3 Å². The summed E-state index contributed by atoms with van der Waals surface area (Å²) >= 11 is 0. The van der Waals surface area contributed by atoms with Gasteiger partial charge < -0.3 is 4.74 Å². The predicted octanol–water partition coefficient (Wildman–Crippen LogP) is 11.5. The maximum Gasteiger partial charge on any atom is 0.137 e. The van der Waals surface area contributed by atoms with Crippen LogP contribution in [0.3, 0.4) is 0 Å². The molecule has 248 valence electrons. The van der Waals surface area contributed by atoms with E-state index in [4.69, 9.17) is 14.8 Å². The Morgan fingerprint density at radius 1 is 0.694 bits per heavy atom. The monoisotopic (exact) mass is 646 g/mol. The molecule has 0 radical (unpaired) electrons. The van der Waals surface area contributed by atoms with E-state index in [1.54, 1.807) is 0 Å². The lowest BCUT2D eigenvalue weighted by Gasteiger charge is -2.14. The van der Waals surface area contributed by atoms with Crippen molar-refractivity contribution in [2.45, 2.75) is 67.7 Å². The van der Waals surface area contributed by atoms with Gasteiger partial charge in [-0.3, -0.25) is 4.57 Å². The second kappa shape index (κ2) is 13.4. The topological polar surface area (TPSA) is 44.9 Å². The lowest BCUT2D eigenvalue weighted by Crippen LogP contribution is -2.02. The normalized spacial score (nSPS) is 11.8. The number of fused-ring (bicyclic) bond motifs is 3. The molecular weight excluding hydrogens is 601 g/mol. The van der Waals surface area contributed by atoms with Gasteiger partial charge in [-0.2, -0.15) is 5.10 Å². The zero-order chi connectivity index (χ0) is 34.2. The van der Waals surface area contributed by atoms with E-state index in [1.165, 1.54) is 38.6 Å². The number of benzene rings is 4. The molecule has 4 aromatic carbocycles. The first-order valence-corrected chi connectivity index (χ1v) is 17.6. The van der Waals surface area contributed by atoms with Crippen molar-refractivity contribution >= 4 is 21.8 Å². The molecule has 0 spiro atoms. The van der Waals surface area contributed by atoms with Gasteiger partial charge in [0.25, 0.3) is 0 Å². The van der Waals surface area contributed by atoms with Gasteiger partial charge in [-0.15, -0.1) is 0 Å². The van der Waals surface area contributed by atoms with Crippen molar-refractivity contribution in [1.29, 1.82) is 0 Å². The molecule has 7 rings (SSSR count). The van der Waals surface area contributed by atoms with E-state index in [0.29, 0.717) is 11.8 Å². The summed E-state index contributed by atoms with van der Waals surface area (Å²) in [6.07, 6.45) is 5.01. The Kier molecular flexibility index (Phi) is 8.85. The molecule has 0 amide bonds. The number of hydrogen-bond donors (Lipinski definition) is 0. The van der Waals surface area contributed by atoms with E-state index < -0.39 is 0 Å². The van der Waals surface area contributed by atoms with E-state index in [1.807, 2.05) is 12.3 Å². The summed E-state index contributed by atoms with van der Waals surface area (Å²) < 4.78 is 11.1. The summed E-state index contributed by atoms with van der Waals surface area (Å²) in [5.41, 5.74) is 11.5. The van der Waals surface area contributed by atoms with Crippen LogP contribution >= 0.6 is 0 Å². The molecule has 7 aromatic rings. The van der Waals surface area contributed by atoms with Gasteiger partial charge in [0.1, 0.15) is 17.3 Å². The van der Waals surface area contributed by atoms with E-state index in [0.717, 1.165) is 64.7 Å². The van der Waals surface area contributed by atoms with Crippen LogP contribution in [0.15, 0.2) is 103 Å². The third-order valence-corrected chi connectivity index (χ3v) is 9.37. The van der Waals surface area contributed by atoms with Crippen LogP contribution in [-0.4, -0.2) is 19.3 Å². The summed E-state index contributed by atoms with van der Waals surface area (Å²) in [6, 6.07) is 34.6. The molecule has 0 unspecified atom stereocenters. The predicted molar refractivity (Wildman–Crippen MR) is 204 cm³/mol. The summed E-state index contributed by atoms with van der Waals surface area (Å²) in [4.78, 5) is 4.81. The summed E-state index contributed by atoms with van der Waals surface area (Å²) in [7, 11) is 0. The van der Waals surface area contributed by atoms with E-state index >= 15 is 0 Å². The highest BCUT2D eigenvalue weighted by atomic mass is 16.5. The van der Waals surface area contributed by atoms with Crippen LogP contribution < -0.4 is 4.74 Å². The first-order chi connectivity index (χ1) is 23.6. The SMILES string of the molecule is Cc1ccnc(-n2c3ccc(CC(C)C)cc3c3ccc(Oc4cc(CCC(C)C)cc(-n5nc(C)c(-c6ccccc6)c5C)c4)cc32)c1. The number of hydrogen-bond acceptors (Lipinski definition) is 3. The van der Waals surface area contributed by atoms with Gasteiger partial charge in [0.2, 0.25) is 0 Å². The number of aryl methyl sites for hydroxylation is 3. The van der Waals surface area contributed by atoms with Crippen molar-refractivity contribution in [3.63, 3.8) is 0 Å². The molecule has 0 saturated heterocycles. The quantitative estimate of drug-likeness (QED) is 0.149. The summed E-state index contributed by atoms with van der Waals surface area (Å²) in [6.45, 7) is 15.5. The van der Waals surface area contributed by atoms with Crippen LogP contribution in [0.25, 0.3) is 44.4 Å². The first-order valence-electron chi connectivity index (χ1n) is 17.6. The van der Waals surface area contributed by atoms with Crippen LogP contribution in [0.5, 0.6) is 11.5 Å². The Balaban J connectivity index is 1.34. The standard InChI is InChI=1S/C44H46N4O/c1-28(2)13-14-34-23-36(48-32(7)44(31(6)46-48)35-11-9-8-10-12-35)26-38(24-34)49-37-16-17-39-40-25-33(21-29(3)4)15-18-41(40)47(42(39)27-37)43-22-30(5)19-20-45-43/h8-12,15-20,22-29H,13-14,21H2,1-7H3. The van der Waals surface area contributed by atoms with Crippen molar-refractivity contribution in [2.24, 2.45) is 11.8 Å². The second-order valence-electron chi connectivity index (χ2n) is 14.3. The Bertz CT molecular complexity index is 2270. The maximum absolute atomic E-state index is 6.77. The molecule has 0 fully saturated rings. The number of aromatic nitrogens is 4.